The molecule has 0 aliphatic carbocycles. The molecule has 1 aliphatic rings. The van der Waals surface area contributed by atoms with Crippen molar-refractivity contribution >= 4 is 27.6 Å². The molecule has 39 heavy (non-hydrogen) atoms. The summed E-state index contributed by atoms with van der Waals surface area (Å²) < 4.78 is 107. The topological polar surface area (TPSA) is 75.7 Å². The van der Waals surface area contributed by atoms with Crippen LogP contribution in [-0.2, 0) is 16.3 Å². The predicted octanol–water partition coefficient (Wildman–Crippen LogP) is 6.41. The van der Waals surface area contributed by atoms with Gasteiger partial charge in [-0.05, 0) is 55.6 Å². The smallest absolute Gasteiger partial charge is 0.376 e. The molecule has 1 amide bonds. The standard InChI is InChI=1S/C25H25ClF6N2O4S/c1-3-12-34-13-5-4-9-19(34)22(33-23(35)17-7-6-8-18(21(17)26)24(27,28)29)16-11-10-15(2)20(14-16)38-39(36,37)25(30,31)32/h3,6-8,10-11,14,19,22H,1,4-5,9,12-13H2,2H3,(H,33,35)/t19?,22-/m0/s1. The molecule has 214 valence electrons. The number of nitrogens with zero attached hydrogens (tertiary/aromatic N) is 1. The molecule has 2 atom stereocenters. The van der Waals surface area contributed by atoms with Gasteiger partial charge >= 0.3 is 21.8 Å². The van der Waals surface area contributed by atoms with Crippen molar-refractivity contribution in [3.8, 4) is 5.75 Å². The Balaban J connectivity index is 2.08. The highest BCUT2D eigenvalue weighted by Crippen LogP contribution is 2.38. The molecule has 6 nitrogen and oxygen atoms in total. The summed E-state index contributed by atoms with van der Waals surface area (Å²) in [5.74, 6) is -1.56. The second-order valence-electron chi connectivity index (χ2n) is 8.97. The fourth-order valence-electron chi connectivity index (χ4n) is 4.40. The van der Waals surface area contributed by atoms with E-state index in [1.807, 2.05) is 4.90 Å². The minimum Gasteiger partial charge on any atom is -0.376 e. The highest BCUT2D eigenvalue weighted by molar-refractivity contribution is 7.88. The van der Waals surface area contributed by atoms with Gasteiger partial charge in [0.15, 0.2) is 0 Å². The van der Waals surface area contributed by atoms with Crippen molar-refractivity contribution < 1.29 is 43.7 Å². The number of halogens is 7. The van der Waals surface area contributed by atoms with Gasteiger partial charge in [-0.15, -0.1) is 6.58 Å². The van der Waals surface area contributed by atoms with Crippen LogP contribution in [0.1, 0.15) is 52.4 Å². The molecule has 3 rings (SSSR count). The van der Waals surface area contributed by atoms with Crippen LogP contribution in [0, 0.1) is 6.92 Å². The quantitative estimate of drug-likeness (QED) is 0.165. The number of amides is 1. The maximum absolute atomic E-state index is 13.4. The third-order valence-corrected chi connectivity index (χ3v) is 7.68. The van der Waals surface area contributed by atoms with E-state index in [2.05, 4.69) is 16.1 Å². The van der Waals surface area contributed by atoms with Crippen LogP contribution >= 0.6 is 11.6 Å². The number of carbonyl (C=O) groups is 1. The third-order valence-electron chi connectivity index (χ3n) is 6.30. The molecule has 2 aromatic carbocycles. The number of hydrogen-bond donors (Lipinski definition) is 1. The Morgan fingerprint density at radius 1 is 1.21 bits per heavy atom. The molecular formula is C25H25ClF6N2O4S. The lowest BCUT2D eigenvalue weighted by molar-refractivity contribution is -0.137. The van der Waals surface area contributed by atoms with Gasteiger partial charge in [-0.25, -0.2) is 0 Å². The number of likely N-dealkylation sites (tertiary alicyclic amines) is 1. The molecule has 14 heteroatoms. The molecule has 0 bridgehead atoms. The second-order valence-corrected chi connectivity index (χ2v) is 10.9. The van der Waals surface area contributed by atoms with Gasteiger partial charge < -0.3 is 9.50 Å². The average Bonchev–Trinajstić information content (AvgIpc) is 2.83. The monoisotopic (exact) mass is 598 g/mol. The first-order valence-electron chi connectivity index (χ1n) is 11.7. The number of benzene rings is 2. The van der Waals surface area contributed by atoms with Crippen LogP contribution in [0.15, 0.2) is 49.1 Å². The van der Waals surface area contributed by atoms with E-state index >= 15 is 0 Å². The molecule has 1 aliphatic heterocycles. The average molecular weight is 599 g/mol. The largest absolute Gasteiger partial charge is 0.534 e. The summed E-state index contributed by atoms with van der Waals surface area (Å²) >= 11 is 5.95. The van der Waals surface area contributed by atoms with Crippen molar-refractivity contribution in [2.24, 2.45) is 0 Å². The van der Waals surface area contributed by atoms with Gasteiger partial charge in [-0.3, -0.25) is 9.69 Å². The van der Waals surface area contributed by atoms with Crippen LogP contribution in [0.25, 0.3) is 0 Å². The molecule has 0 aromatic heterocycles. The van der Waals surface area contributed by atoms with E-state index in [9.17, 15) is 39.6 Å². The zero-order valence-electron chi connectivity index (χ0n) is 20.6. The molecule has 1 fully saturated rings. The van der Waals surface area contributed by atoms with Crippen LogP contribution in [-0.4, -0.2) is 43.9 Å². The number of nitrogens with one attached hydrogen (secondary N) is 1. The summed E-state index contributed by atoms with van der Waals surface area (Å²) in [4.78, 5) is 15.2. The minimum absolute atomic E-state index is 0.0733. The molecule has 1 heterocycles. The Bertz CT molecular complexity index is 1330. The van der Waals surface area contributed by atoms with Crippen LogP contribution in [0.2, 0.25) is 5.02 Å². The number of aryl methyl sites for hydroxylation is 1. The van der Waals surface area contributed by atoms with Gasteiger partial charge in [0.2, 0.25) is 0 Å². The van der Waals surface area contributed by atoms with E-state index in [1.165, 1.54) is 19.1 Å². The molecule has 0 saturated carbocycles. The highest BCUT2D eigenvalue weighted by Gasteiger charge is 2.49. The van der Waals surface area contributed by atoms with Crippen LogP contribution in [0.4, 0.5) is 26.3 Å². The van der Waals surface area contributed by atoms with Gasteiger partial charge in [0.05, 0.1) is 22.2 Å². The van der Waals surface area contributed by atoms with Crippen molar-refractivity contribution in [2.45, 2.75) is 50.0 Å². The maximum Gasteiger partial charge on any atom is 0.534 e. The minimum atomic E-state index is -5.99. The summed E-state index contributed by atoms with van der Waals surface area (Å²) in [7, 11) is -5.99. The van der Waals surface area contributed by atoms with E-state index in [0.29, 0.717) is 19.5 Å². The number of hydrogen-bond acceptors (Lipinski definition) is 5. The van der Waals surface area contributed by atoms with Crippen molar-refractivity contribution in [2.75, 3.05) is 13.1 Å². The fraction of sp³-hybridized carbons (Fsp3) is 0.400. The van der Waals surface area contributed by atoms with Crippen LogP contribution in [0.5, 0.6) is 5.75 Å². The van der Waals surface area contributed by atoms with E-state index in [4.69, 9.17) is 11.6 Å². The molecule has 1 unspecified atom stereocenters. The number of carbonyl (C=O) groups excluding carboxylic acids is 1. The van der Waals surface area contributed by atoms with Gasteiger partial charge in [-0.1, -0.05) is 42.3 Å². The summed E-state index contributed by atoms with van der Waals surface area (Å²) in [6.07, 6.45) is -1.13. The number of alkyl halides is 6. The maximum atomic E-state index is 13.4. The molecule has 2 aromatic rings. The van der Waals surface area contributed by atoms with E-state index in [-0.39, 0.29) is 11.1 Å². The van der Waals surface area contributed by atoms with Crippen molar-refractivity contribution in [3.63, 3.8) is 0 Å². The van der Waals surface area contributed by atoms with Crippen molar-refractivity contribution in [1.29, 1.82) is 0 Å². The Labute approximate surface area is 226 Å². The molecule has 1 N–H and O–H groups in total. The zero-order chi connectivity index (χ0) is 29.2. The second kappa shape index (κ2) is 11.8. The van der Waals surface area contributed by atoms with Gasteiger partial charge in [0.1, 0.15) is 5.75 Å². The van der Waals surface area contributed by atoms with Crippen molar-refractivity contribution in [3.05, 3.63) is 76.3 Å². The first kappa shape index (κ1) is 30.8. The lowest BCUT2D eigenvalue weighted by atomic mass is 9.89. The molecule has 1 saturated heterocycles. The normalized spacial score (nSPS) is 17.9. The third kappa shape index (κ3) is 7.06. The Morgan fingerprint density at radius 2 is 1.90 bits per heavy atom. The molecular weight excluding hydrogens is 574 g/mol. The SMILES string of the molecule is C=CCN1CCCCC1[C@@H](NC(=O)c1cccc(C(F)(F)F)c1Cl)c1ccc(C)c(OS(=O)(=O)C(F)(F)F)c1. The van der Waals surface area contributed by atoms with E-state index in [0.717, 1.165) is 37.1 Å². The first-order chi connectivity index (χ1) is 18.1. The number of rotatable bonds is 8. The van der Waals surface area contributed by atoms with Gasteiger partial charge in [0, 0.05) is 12.6 Å². The predicted molar refractivity (Wildman–Crippen MR) is 133 cm³/mol. The summed E-state index contributed by atoms with van der Waals surface area (Å²) in [6, 6.07) is 5.30. The summed E-state index contributed by atoms with van der Waals surface area (Å²) in [5.41, 5.74) is -7.07. The molecule has 0 spiro atoms. The van der Waals surface area contributed by atoms with Gasteiger partial charge in [0.25, 0.3) is 5.91 Å². The fourth-order valence-corrected chi connectivity index (χ4v) is 5.23. The van der Waals surface area contributed by atoms with Crippen LogP contribution < -0.4 is 9.50 Å². The van der Waals surface area contributed by atoms with Crippen molar-refractivity contribution in [1.82, 2.24) is 10.2 Å². The Kier molecular flexibility index (Phi) is 9.28. The summed E-state index contributed by atoms with van der Waals surface area (Å²) in [5, 5.41) is 1.86. The van der Waals surface area contributed by atoms with E-state index < -0.39 is 61.7 Å². The Hall–Kier alpha value is -2.77. The summed E-state index contributed by atoms with van der Waals surface area (Å²) in [6.45, 7) is 6.03. The Morgan fingerprint density at radius 3 is 2.51 bits per heavy atom. The highest BCUT2D eigenvalue weighted by atomic mass is 35.5. The van der Waals surface area contributed by atoms with E-state index in [1.54, 1.807) is 6.08 Å². The van der Waals surface area contributed by atoms with Crippen LogP contribution in [0.3, 0.4) is 0 Å². The molecule has 0 radical (unpaired) electrons. The number of piperidine rings is 1. The lowest BCUT2D eigenvalue weighted by Crippen LogP contribution is -2.48. The first-order valence-corrected chi connectivity index (χ1v) is 13.5. The lowest BCUT2D eigenvalue weighted by Gasteiger charge is -2.40. The zero-order valence-corrected chi connectivity index (χ0v) is 22.1. The van der Waals surface area contributed by atoms with Gasteiger partial charge in [-0.2, -0.15) is 34.8 Å².